The van der Waals surface area contributed by atoms with Gasteiger partial charge in [-0.1, -0.05) is 42.0 Å². The minimum absolute atomic E-state index is 0.0307. The van der Waals surface area contributed by atoms with Gasteiger partial charge in [-0.2, -0.15) is 0 Å². The molecule has 3 aliphatic rings. The van der Waals surface area contributed by atoms with Crippen molar-refractivity contribution in [2.75, 3.05) is 26.3 Å². The van der Waals surface area contributed by atoms with Crippen LogP contribution in [0.2, 0.25) is 0 Å². The fourth-order valence-electron chi connectivity index (χ4n) is 6.11. The van der Waals surface area contributed by atoms with E-state index in [1.165, 1.54) is 17.2 Å². The summed E-state index contributed by atoms with van der Waals surface area (Å²) in [6.07, 6.45) is 3.01. The lowest BCUT2D eigenvalue weighted by Gasteiger charge is -2.35. The van der Waals surface area contributed by atoms with Crippen molar-refractivity contribution in [3.05, 3.63) is 82.8 Å². The van der Waals surface area contributed by atoms with E-state index in [0.29, 0.717) is 31.3 Å². The van der Waals surface area contributed by atoms with Crippen LogP contribution in [0.5, 0.6) is 11.5 Å². The molecule has 9 nitrogen and oxygen atoms in total. The first-order chi connectivity index (χ1) is 20.0. The minimum Gasteiger partial charge on any atom is -0.485 e. The number of piperidine rings is 1. The summed E-state index contributed by atoms with van der Waals surface area (Å²) < 4.78 is 20.5. The van der Waals surface area contributed by atoms with Crippen LogP contribution in [0.4, 0.5) is 0 Å². The highest BCUT2D eigenvalue weighted by Gasteiger charge is 2.30. The van der Waals surface area contributed by atoms with E-state index in [4.69, 9.17) is 19.2 Å². The number of benzene rings is 2. The first-order valence-electron chi connectivity index (χ1n) is 14.4. The van der Waals surface area contributed by atoms with Crippen LogP contribution in [0.3, 0.4) is 0 Å². The fraction of sp³-hybridized carbons (Fsp3) is 0.406. The molecule has 2 saturated heterocycles. The summed E-state index contributed by atoms with van der Waals surface area (Å²) in [5.74, 6) is 1.97. The number of carboxylic acids is 1. The van der Waals surface area contributed by atoms with Crippen LogP contribution >= 0.6 is 0 Å². The molecule has 1 N–H and O–H groups in total. The number of pyridine rings is 1. The Morgan fingerprint density at radius 3 is 2.56 bits per heavy atom. The number of fused-ring (bicyclic) bond motifs is 2. The van der Waals surface area contributed by atoms with Gasteiger partial charge < -0.3 is 23.9 Å². The zero-order valence-corrected chi connectivity index (χ0v) is 23.2. The van der Waals surface area contributed by atoms with Crippen molar-refractivity contribution in [1.82, 2.24) is 19.4 Å². The second-order valence-corrected chi connectivity index (χ2v) is 11.3. The Balaban J connectivity index is 1.05. The summed E-state index contributed by atoms with van der Waals surface area (Å²) in [4.78, 5) is 23.3. The molecule has 0 amide bonds. The molecule has 2 unspecified atom stereocenters. The van der Waals surface area contributed by atoms with E-state index in [2.05, 4.69) is 57.8 Å². The van der Waals surface area contributed by atoms with Gasteiger partial charge in [-0.3, -0.25) is 4.90 Å². The first kappa shape index (κ1) is 26.0. The topological polar surface area (TPSA) is 98.9 Å². The van der Waals surface area contributed by atoms with Crippen molar-refractivity contribution in [1.29, 1.82) is 0 Å². The fourth-order valence-corrected chi connectivity index (χ4v) is 6.11. The molecule has 2 aromatic carbocycles. The maximum atomic E-state index is 11.6. The molecule has 2 aromatic heterocycles. The smallest absolute Gasteiger partial charge is 0.354 e. The van der Waals surface area contributed by atoms with Crippen LogP contribution in [0.15, 0.2) is 54.6 Å². The van der Waals surface area contributed by atoms with Crippen LogP contribution in [0.1, 0.15) is 64.3 Å². The number of rotatable bonds is 7. The number of likely N-dealkylation sites (tertiary alicyclic amines) is 1. The third kappa shape index (κ3) is 5.15. The molecule has 5 heterocycles. The Morgan fingerprint density at radius 2 is 1.83 bits per heavy atom. The monoisotopic (exact) mass is 554 g/mol. The number of aryl methyl sites for hydroxylation is 1. The molecule has 2 fully saturated rings. The van der Waals surface area contributed by atoms with Gasteiger partial charge in [-0.15, -0.1) is 0 Å². The SMILES string of the molecule is Cc1ccc(C2COc3c(cccc3C3CCN(Cc4nc5ccc(C(=O)O)nc5n4CC4CCO4)CC3)O2)cc1. The predicted molar refractivity (Wildman–Crippen MR) is 153 cm³/mol. The molecule has 0 bridgehead atoms. The van der Waals surface area contributed by atoms with Crippen molar-refractivity contribution in [3.8, 4) is 11.5 Å². The van der Waals surface area contributed by atoms with Crippen molar-refractivity contribution in [3.63, 3.8) is 0 Å². The Hall–Kier alpha value is -3.95. The van der Waals surface area contributed by atoms with Crippen LogP contribution in [0.25, 0.3) is 11.2 Å². The third-order valence-electron chi connectivity index (χ3n) is 8.57. The van der Waals surface area contributed by atoms with Crippen molar-refractivity contribution in [2.45, 2.75) is 57.4 Å². The van der Waals surface area contributed by atoms with Gasteiger partial charge in [0.1, 0.15) is 17.9 Å². The lowest BCUT2D eigenvalue weighted by molar-refractivity contribution is -0.0593. The number of hydrogen-bond donors (Lipinski definition) is 1. The number of carbonyl (C=O) groups is 1. The summed E-state index contributed by atoms with van der Waals surface area (Å²) in [5, 5.41) is 9.47. The minimum atomic E-state index is -1.04. The summed E-state index contributed by atoms with van der Waals surface area (Å²) in [6.45, 7) is 6.53. The predicted octanol–water partition coefficient (Wildman–Crippen LogP) is 5.12. The molecule has 7 rings (SSSR count). The summed E-state index contributed by atoms with van der Waals surface area (Å²) in [6, 6.07) is 18.0. The second-order valence-electron chi connectivity index (χ2n) is 11.3. The number of aromatic carboxylic acids is 1. The molecule has 41 heavy (non-hydrogen) atoms. The van der Waals surface area contributed by atoms with Gasteiger partial charge in [-0.25, -0.2) is 14.8 Å². The van der Waals surface area contributed by atoms with Gasteiger partial charge in [0.25, 0.3) is 0 Å². The van der Waals surface area contributed by atoms with Gasteiger partial charge in [0.05, 0.1) is 19.2 Å². The maximum Gasteiger partial charge on any atom is 0.354 e. The van der Waals surface area contributed by atoms with E-state index < -0.39 is 5.97 Å². The van der Waals surface area contributed by atoms with Crippen LogP contribution in [-0.4, -0.2) is 62.9 Å². The molecule has 3 aliphatic heterocycles. The summed E-state index contributed by atoms with van der Waals surface area (Å²) in [7, 11) is 0. The standard InChI is InChI=1S/C32H34N4O5/c1-20-5-7-22(8-6-20)28-19-40-30-24(3-2-4-27(30)41-28)21-11-14-35(15-12-21)18-29-33-25-9-10-26(32(37)38)34-31(25)36(29)17-23-13-16-39-23/h2-10,21,23,28H,11-19H2,1H3,(H,37,38). The molecular weight excluding hydrogens is 520 g/mol. The number of carboxylic acid groups (broad SMARTS) is 1. The number of para-hydroxylation sites is 1. The second kappa shape index (κ2) is 10.8. The number of nitrogens with zero attached hydrogens (tertiary/aromatic N) is 4. The van der Waals surface area contributed by atoms with E-state index >= 15 is 0 Å². The zero-order valence-electron chi connectivity index (χ0n) is 23.2. The zero-order chi connectivity index (χ0) is 27.9. The van der Waals surface area contributed by atoms with E-state index in [1.54, 1.807) is 6.07 Å². The molecule has 0 radical (unpaired) electrons. The average molecular weight is 555 g/mol. The van der Waals surface area contributed by atoms with Gasteiger partial charge >= 0.3 is 5.97 Å². The first-order valence-corrected chi connectivity index (χ1v) is 14.4. The molecule has 2 atom stereocenters. The Morgan fingerprint density at radius 1 is 1.02 bits per heavy atom. The molecule has 0 spiro atoms. The Labute approximate surface area is 238 Å². The summed E-state index contributed by atoms with van der Waals surface area (Å²) >= 11 is 0. The Bertz CT molecular complexity index is 1570. The third-order valence-corrected chi connectivity index (χ3v) is 8.57. The van der Waals surface area contributed by atoms with Gasteiger partial charge in [-0.05, 0) is 69.0 Å². The average Bonchev–Trinajstić information content (AvgIpc) is 3.31. The van der Waals surface area contributed by atoms with E-state index in [0.717, 1.165) is 67.4 Å². The normalized spacial score (nSPS) is 21.1. The van der Waals surface area contributed by atoms with Crippen LogP contribution in [0, 0.1) is 6.92 Å². The van der Waals surface area contributed by atoms with Crippen molar-refractivity contribution < 1.29 is 24.1 Å². The largest absolute Gasteiger partial charge is 0.485 e. The molecule has 4 aromatic rings. The summed E-state index contributed by atoms with van der Waals surface area (Å²) in [5.41, 5.74) is 4.95. The number of aromatic nitrogens is 3. The highest BCUT2D eigenvalue weighted by molar-refractivity contribution is 5.88. The lowest BCUT2D eigenvalue weighted by Crippen LogP contribution is -2.35. The van der Waals surface area contributed by atoms with Gasteiger partial charge in [0, 0.05) is 12.2 Å². The van der Waals surface area contributed by atoms with Gasteiger partial charge in [0.15, 0.2) is 28.9 Å². The van der Waals surface area contributed by atoms with Crippen molar-refractivity contribution >= 4 is 17.1 Å². The van der Waals surface area contributed by atoms with Crippen LogP contribution in [-0.2, 0) is 17.8 Å². The number of ether oxygens (including phenoxy) is 3. The Kier molecular flexibility index (Phi) is 6.84. The van der Waals surface area contributed by atoms with Gasteiger partial charge in [0.2, 0.25) is 0 Å². The highest BCUT2D eigenvalue weighted by Crippen LogP contribution is 2.44. The number of imidazole rings is 1. The van der Waals surface area contributed by atoms with E-state index in [-0.39, 0.29) is 17.9 Å². The van der Waals surface area contributed by atoms with E-state index in [9.17, 15) is 9.90 Å². The molecule has 0 aliphatic carbocycles. The quantitative estimate of drug-likeness (QED) is 0.336. The van der Waals surface area contributed by atoms with Crippen LogP contribution < -0.4 is 9.47 Å². The molecular formula is C32H34N4O5. The van der Waals surface area contributed by atoms with Crippen molar-refractivity contribution in [2.24, 2.45) is 0 Å². The van der Waals surface area contributed by atoms with E-state index in [1.807, 2.05) is 6.07 Å². The number of hydrogen-bond acceptors (Lipinski definition) is 7. The molecule has 0 saturated carbocycles. The highest BCUT2D eigenvalue weighted by atomic mass is 16.6. The maximum absolute atomic E-state index is 11.6. The molecule has 212 valence electrons. The molecule has 9 heteroatoms. The lowest BCUT2D eigenvalue weighted by atomic mass is 9.88.